The lowest BCUT2D eigenvalue weighted by atomic mass is 10.1. The van der Waals surface area contributed by atoms with Crippen molar-refractivity contribution in [1.82, 2.24) is 4.98 Å². The molecule has 2 nitrogen and oxygen atoms in total. The second-order valence-corrected chi connectivity index (χ2v) is 3.20. The molecule has 1 aromatic carbocycles. The van der Waals surface area contributed by atoms with Crippen molar-refractivity contribution in [2.45, 2.75) is 13.8 Å². The standard InChI is InChI=1S/C11H11NO/c1-7(2)9-4-5-10-11(6-9)13-8(3)12-10/h4-6H,1H2,2-3H3. The fourth-order valence-corrected chi connectivity index (χ4v) is 1.31. The number of aromatic nitrogens is 1. The topological polar surface area (TPSA) is 26.0 Å². The Kier molecular flexibility index (Phi) is 1.69. The van der Waals surface area contributed by atoms with Crippen LogP contribution in [0.2, 0.25) is 0 Å². The van der Waals surface area contributed by atoms with E-state index < -0.39 is 0 Å². The van der Waals surface area contributed by atoms with Crippen LogP contribution in [-0.2, 0) is 0 Å². The molecule has 66 valence electrons. The zero-order valence-electron chi connectivity index (χ0n) is 7.79. The van der Waals surface area contributed by atoms with Crippen LogP contribution in [0.15, 0.2) is 29.2 Å². The average Bonchev–Trinajstić information content (AvgIpc) is 2.42. The quantitative estimate of drug-likeness (QED) is 0.662. The Morgan fingerprint density at radius 3 is 2.92 bits per heavy atom. The zero-order valence-corrected chi connectivity index (χ0v) is 7.79. The number of benzene rings is 1. The summed E-state index contributed by atoms with van der Waals surface area (Å²) >= 11 is 0. The lowest BCUT2D eigenvalue weighted by Gasteiger charge is -1.96. The van der Waals surface area contributed by atoms with Gasteiger partial charge >= 0.3 is 0 Å². The molecule has 1 aromatic heterocycles. The Hall–Kier alpha value is -1.57. The number of nitrogens with zero attached hydrogens (tertiary/aromatic N) is 1. The molecule has 0 N–H and O–H groups in total. The fourth-order valence-electron chi connectivity index (χ4n) is 1.31. The van der Waals surface area contributed by atoms with Crippen LogP contribution in [0, 0.1) is 6.92 Å². The molecule has 0 bridgehead atoms. The minimum absolute atomic E-state index is 0.703. The van der Waals surface area contributed by atoms with Gasteiger partial charge in [0.15, 0.2) is 11.5 Å². The maximum absolute atomic E-state index is 5.41. The average molecular weight is 173 g/mol. The first-order chi connectivity index (χ1) is 6.16. The van der Waals surface area contributed by atoms with Crippen molar-refractivity contribution >= 4 is 16.7 Å². The summed E-state index contributed by atoms with van der Waals surface area (Å²) in [6.45, 7) is 7.70. The highest BCUT2D eigenvalue weighted by atomic mass is 16.3. The van der Waals surface area contributed by atoms with Gasteiger partial charge < -0.3 is 4.42 Å². The molecule has 2 rings (SSSR count). The van der Waals surface area contributed by atoms with Gasteiger partial charge in [-0.3, -0.25) is 0 Å². The normalized spacial score (nSPS) is 10.6. The van der Waals surface area contributed by atoms with Crippen LogP contribution >= 0.6 is 0 Å². The molecule has 13 heavy (non-hydrogen) atoms. The molecule has 0 saturated heterocycles. The number of hydrogen-bond donors (Lipinski definition) is 0. The van der Waals surface area contributed by atoms with Crippen molar-refractivity contribution in [2.24, 2.45) is 0 Å². The van der Waals surface area contributed by atoms with Gasteiger partial charge in [0.1, 0.15) is 5.52 Å². The molecule has 0 aliphatic rings. The Labute approximate surface area is 76.9 Å². The number of rotatable bonds is 1. The van der Waals surface area contributed by atoms with Crippen molar-refractivity contribution in [1.29, 1.82) is 0 Å². The highest BCUT2D eigenvalue weighted by Gasteiger charge is 2.02. The van der Waals surface area contributed by atoms with E-state index in [1.54, 1.807) is 0 Å². The third kappa shape index (κ3) is 1.35. The molecular weight excluding hydrogens is 162 g/mol. The van der Waals surface area contributed by atoms with E-state index >= 15 is 0 Å². The minimum atomic E-state index is 0.703. The summed E-state index contributed by atoms with van der Waals surface area (Å²) in [6, 6.07) is 5.93. The first-order valence-corrected chi connectivity index (χ1v) is 4.20. The number of oxazole rings is 1. The van der Waals surface area contributed by atoms with Gasteiger partial charge in [-0.1, -0.05) is 18.2 Å². The lowest BCUT2D eigenvalue weighted by molar-refractivity contribution is 0.561. The largest absolute Gasteiger partial charge is 0.441 e. The highest BCUT2D eigenvalue weighted by molar-refractivity contribution is 5.78. The van der Waals surface area contributed by atoms with Gasteiger partial charge in [0.25, 0.3) is 0 Å². The summed E-state index contributed by atoms with van der Waals surface area (Å²) in [5.74, 6) is 0.703. The van der Waals surface area contributed by atoms with E-state index in [9.17, 15) is 0 Å². The molecule has 0 saturated carbocycles. The summed E-state index contributed by atoms with van der Waals surface area (Å²) in [5, 5.41) is 0. The Morgan fingerprint density at radius 1 is 1.46 bits per heavy atom. The third-order valence-corrected chi connectivity index (χ3v) is 1.99. The Bertz CT molecular complexity index is 468. The van der Waals surface area contributed by atoms with Crippen molar-refractivity contribution < 1.29 is 4.42 Å². The second kappa shape index (κ2) is 2.73. The van der Waals surface area contributed by atoms with E-state index in [-0.39, 0.29) is 0 Å². The molecule has 1 heterocycles. The van der Waals surface area contributed by atoms with Crippen LogP contribution in [0.3, 0.4) is 0 Å². The Balaban J connectivity index is 2.67. The summed E-state index contributed by atoms with van der Waals surface area (Å²) in [4.78, 5) is 4.22. The van der Waals surface area contributed by atoms with E-state index in [1.165, 1.54) is 0 Å². The van der Waals surface area contributed by atoms with Gasteiger partial charge in [-0.2, -0.15) is 0 Å². The molecule has 0 aliphatic heterocycles. The van der Waals surface area contributed by atoms with Crippen molar-refractivity contribution in [3.05, 3.63) is 36.2 Å². The van der Waals surface area contributed by atoms with Crippen LogP contribution < -0.4 is 0 Å². The second-order valence-electron chi connectivity index (χ2n) is 3.20. The molecule has 2 aromatic rings. The third-order valence-electron chi connectivity index (χ3n) is 1.99. The van der Waals surface area contributed by atoms with Crippen LogP contribution in [0.5, 0.6) is 0 Å². The predicted molar refractivity (Wildman–Crippen MR) is 53.5 cm³/mol. The molecule has 0 atom stereocenters. The summed E-state index contributed by atoms with van der Waals surface area (Å²) in [6.07, 6.45) is 0. The van der Waals surface area contributed by atoms with E-state index in [0.29, 0.717) is 5.89 Å². The molecule has 0 unspecified atom stereocenters. The van der Waals surface area contributed by atoms with Gasteiger partial charge in [0, 0.05) is 6.92 Å². The smallest absolute Gasteiger partial charge is 0.192 e. The summed E-state index contributed by atoms with van der Waals surface area (Å²) < 4.78 is 5.41. The Morgan fingerprint density at radius 2 is 2.23 bits per heavy atom. The number of hydrogen-bond acceptors (Lipinski definition) is 2. The van der Waals surface area contributed by atoms with E-state index in [1.807, 2.05) is 32.0 Å². The number of fused-ring (bicyclic) bond motifs is 1. The summed E-state index contributed by atoms with van der Waals surface area (Å²) in [7, 11) is 0. The maximum Gasteiger partial charge on any atom is 0.192 e. The molecule has 0 fully saturated rings. The SMILES string of the molecule is C=C(C)c1ccc2nc(C)oc2c1. The van der Waals surface area contributed by atoms with E-state index in [4.69, 9.17) is 4.42 Å². The van der Waals surface area contributed by atoms with Crippen molar-refractivity contribution in [3.63, 3.8) is 0 Å². The molecule has 0 radical (unpaired) electrons. The number of aryl methyl sites for hydroxylation is 1. The highest BCUT2D eigenvalue weighted by Crippen LogP contribution is 2.20. The van der Waals surface area contributed by atoms with Crippen molar-refractivity contribution in [3.8, 4) is 0 Å². The molecule has 0 spiro atoms. The van der Waals surface area contributed by atoms with E-state index in [0.717, 1.165) is 22.2 Å². The molecule has 0 amide bonds. The van der Waals surface area contributed by atoms with Gasteiger partial charge in [0.05, 0.1) is 0 Å². The minimum Gasteiger partial charge on any atom is -0.441 e. The maximum atomic E-state index is 5.41. The van der Waals surface area contributed by atoms with Crippen molar-refractivity contribution in [2.75, 3.05) is 0 Å². The van der Waals surface area contributed by atoms with Crippen LogP contribution in [-0.4, -0.2) is 4.98 Å². The van der Waals surface area contributed by atoms with Gasteiger partial charge in [-0.15, -0.1) is 0 Å². The van der Waals surface area contributed by atoms with Gasteiger partial charge in [0.2, 0.25) is 0 Å². The van der Waals surface area contributed by atoms with Crippen LogP contribution in [0.25, 0.3) is 16.7 Å². The molecule has 2 heteroatoms. The van der Waals surface area contributed by atoms with Crippen LogP contribution in [0.4, 0.5) is 0 Å². The summed E-state index contributed by atoms with van der Waals surface area (Å²) in [5.41, 5.74) is 3.88. The molecule has 0 aliphatic carbocycles. The lowest BCUT2D eigenvalue weighted by Crippen LogP contribution is -1.76. The first-order valence-electron chi connectivity index (χ1n) is 4.20. The fraction of sp³-hybridized carbons (Fsp3) is 0.182. The zero-order chi connectivity index (χ0) is 9.42. The van der Waals surface area contributed by atoms with Crippen LogP contribution in [0.1, 0.15) is 18.4 Å². The monoisotopic (exact) mass is 173 g/mol. The first kappa shape index (κ1) is 8.05. The number of allylic oxidation sites excluding steroid dienone is 1. The van der Waals surface area contributed by atoms with E-state index in [2.05, 4.69) is 11.6 Å². The predicted octanol–water partition coefficient (Wildman–Crippen LogP) is 3.17. The van der Waals surface area contributed by atoms with Gasteiger partial charge in [-0.05, 0) is 24.6 Å². The molecular formula is C11H11NO. The van der Waals surface area contributed by atoms with Gasteiger partial charge in [-0.25, -0.2) is 4.98 Å².